The van der Waals surface area contributed by atoms with Gasteiger partial charge in [0.15, 0.2) is 17.0 Å². The van der Waals surface area contributed by atoms with Crippen molar-refractivity contribution in [3.63, 3.8) is 0 Å². The van der Waals surface area contributed by atoms with Gasteiger partial charge < -0.3 is 20.5 Å². The number of nitrogens with zero attached hydrogens (tertiary/aromatic N) is 5. The van der Waals surface area contributed by atoms with Crippen molar-refractivity contribution in [2.24, 2.45) is 0 Å². The molecule has 3 amide bonds. The summed E-state index contributed by atoms with van der Waals surface area (Å²) in [5, 5.41) is 5.73. The van der Waals surface area contributed by atoms with Gasteiger partial charge >= 0.3 is 0 Å². The van der Waals surface area contributed by atoms with Crippen molar-refractivity contribution in [3.05, 3.63) is 58.7 Å². The Morgan fingerprint density at radius 2 is 1.85 bits per heavy atom. The molecule has 3 aliphatic rings. The minimum absolute atomic E-state index is 0.0612. The summed E-state index contributed by atoms with van der Waals surface area (Å²) in [6.07, 6.45) is 3.84. The number of imidazole rings is 1. The second kappa shape index (κ2) is 9.39. The van der Waals surface area contributed by atoms with Gasteiger partial charge in [-0.2, -0.15) is 9.97 Å². The number of aromatic nitrogens is 4. The van der Waals surface area contributed by atoms with Crippen LogP contribution in [0.1, 0.15) is 66.2 Å². The highest BCUT2D eigenvalue weighted by atomic mass is 16.2. The summed E-state index contributed by atoms with van der Waals surface area (Å²) < 4.78 is 2.08. The molecule has 1 atom stereocenters. The first-order valence-corrected chi connectivity index (χ1v) is 14.0. The highest BCUT2D eigenvalue weighted by Crippen LogP contribution is 2.37. The maximum Gasteiger partial charge on any atom is 0.255 e. The number of hydrogen-bond donors (Lipinski definition) is 3. The standard InChI is InChI=1S/C30H30N8O3/c1-15(2)38-26(18-10-9-16-5-3-6-17(16)13-18)34-24-25(35-30(31)36-27(24)38)32-21-8-4-7-19-20(21)14-37(29(19)41)22-11-12-23(39)33-28(22)40/h4,7-10,13,15,22H,3,5-6,11-12,14H2,1-2H3,(H,33,39,40)(H3,31,32,35,36). The lowest BCUT2D eigenvalue weighted by Gasteiger charge is -2.29. The van der Waals surface area contributed by atoms with Gasteiger partial charge in [0.05, 0.1) is 0 Å². The number of hydrogen-bond acceptors (Lipinski definition) is 8. The number of carbonyl (C=O) groups excluding carboxylic acids is 3. The van der Waals surface area contributed by atoms with Crippen LogP contribution in [-0.4, -0.2) is 48.2 Å². The van der Waals surface area contributed by atoms with E-state index in [0.717, 1.165) is 29.8 Å². The quantitative estimate of drug-likeness (QED) is 0.319. The molecule has 4 N–H and O–H groups in total. The van der Waals surface area contributed by atoms with E-state index in [2.05, 4.69) is 57.2 Å². The first kappa shape index (κ1) is 25.2. The maximum atomic E-state index is 13.3. The van der Waals surface area contributed by atoms with Gasteiger partial charge in [0.25, 0.3) is 5.91 Å². The predicted octanol–water partition coefficient (Wildman–Crippen LogP) is 3.65. The Hall–Kier alpha value is -4.80. The first-order valence-electron chi connectivity index (χ1n) is 14.0. The molecule has 2 aromatic heterocycles. The molecule has 2 aliphatic heterocycles. The van der Waals surface area contributed by atoms with Crippen molar-refractivity contribution in [2.45, 2.75) is 64.6 Å². The van der Waals surface area contributed by atoms with Crippen molar-refractivity contribution in [3.8, 4) is 11.4 Å². The summed E-state index contributed by atoms with van der Waals surface area (Å²) in [5.41, 5.74) is 13.1. The van der Waals surface area contributed by atoms with Gasteiger partial charge in [-0.1, -0.05) is 18.2 Å². The second-order valence-electron chi connectivity index (χ2n) is 11.2. The molecule has 11 nitrogen and oxygen atoms in total. The van der Waals surface area contributed by atoms with Crippen molar-refractivity contribution in [2.75, 3.05) is 11.1 Å². The fourth-order valence-electron chi connectivity index (χ4n) is 6.31. The molecule has 41 heavy (non-hydrogen) atoms. The normalized spacial score (nSPS) is 18.3. The number of nitrogen functional groups attached to an aromatic ring is 1. The Bertz CT molecular complexity index is 1780. The fraction of sp³-hybridized carbons (Fsp3) is 0.333. The van der Waals surface area contributed by atoms with Crippen molar-refractivity contribution in [1.29, 1.82) is 0 Å². The lowest BCUT2D eigenvalue weighted by atomic mass is 10.0. The van der Waals surface area contributed by atoms with E-state index in [9.17, 15) is 14.4 Å². The average molecular weight is 551 g/mol. The molecule has 0 saturated carbocycles. The third-order valence-electron chi connectivity index (χ3n) is 8.27. The zero-order valence-electron chi connectivity index (χ0n) is 22.9. The van der Waals surface area contributed by atoms with Gasteiger partial charge in [0, 0.05) is 41.4 Å². The number of rotatable bonds is 5. The first-order chi connectivity index (χ1) is 19.8. The number of imide groups is 1. The third-order valence-corrected chi connectivity index (χ3v) is 8.27. The van der Waals surface area contributed by atoms with Crippen molar-refractivity contribution in [1.82, 2.24) is 29.7 Å². The molecule has 1 fully saturated rings. The molecule has 208 valence electrons. The highest BCUT2D eigenvalue weighted by molar-refractivity contribution is 6.06. The molecule has 0 spiro atoms. The lowest BCUT2D eigenvalue weighted by molar-refractivity contribution is -0.136. The predicted molar refractivity (Wildman–Crippen MR) is 153 cm³/mol. The number of nitrogens with one attached hydrogen (secondary N) is 2. The van der Waals surface area contributed by atoms with Crippen LogP contribution in [0.3, 0.4) is 0 Å². The van der Waals surface area contributed by atoms with E-state index in [0.29, 0.717) is 34.7 Å². The molecular weight excluding hydrogens is 520 g/mol. The van der Waals surface area contributed by atoms with Crippen LogP contribution < -0.4 is 16.4 Å². The van der Waals surface area contributed by atoms with Crippen molar-refractivity contribution < 1.29 is 14.4 Å². The van der Waals surface area contributed by atoms with E-state index in [1.807, 2.05) is 6.07 Å². The molecule has 4 aromatic rings. The Labute approximate surface area is 236 Å². The molecule has 1 aliphatic carbocycles. The lowest BCUT2D eigenvalue weighted by Crippen LogP contribution is -2.52. The Kier molecular flexibility index (Phi) is 5.77. The number of nitrogens with two attached hydrogens (primary N) is 1. The van der Waals surface area contributed by atoms with Gasteiger partial charge in [0.2, 0.25) is 17.8 Å². The molecule has 0 radical (unpaired) electrons. The summed E-state index contributed by atoms with van der Waals surface area (Å²) in [5.74, 6) is 0.341. The van der Waals surface area contributed by atoms with E-state index in [4.69, 9.17) is 10.7 Å². The van der Waals surface area contributed by atoms with Crippen LogP contribution in [0.15, 0.2) is 36.4 Å². The molecule has 1 saturated heterocycles. The van der Waals surface area contributed by atoms with Gasteiger partial charge in [-0.25, -0.2) is 4.98 Å². The molecule has 2 aromatic carbocycles. The van der Waals surface area contributed by atoms with Crippen LogP contribution in [0.4, 0.5) is 17.5 Å². The third kappa shape index (κ3) is 4.11. The van der Waals surface area contributed by atoms with Gasteiger partial charge in [0.1, 0.15) is 11.9 Å². The molecule has 7 rings (SSSR count). The minimum atomic E-state index is -0.696. The van der Waals surface area contributed by atoms with E-state index >= 15 is 0 Å². The molecule has 0 bridgehead atoms. The summed E-state index contributed by atoms with van der Waals surface area (Å²) in [7, 11) is 0. The topological polar surface area (TPSA) is 148 Å². The minimum Gasteiger partial charge on any atom is -0.368 e. The van der Waals surface area contributed by atoms with Crippen LogP contribution in [0.25, 0.3) is 22.6 Å². The number of piperidine rings is 1. The number of fused-ring (bicyclic) bond motifs is 3. The number of aryl methyl sites for hydroxylation is 2. The average Bonchev–Trinajstić information content (AvgIpc) is 3.64. The van der Waals surface area contributed by atoms with E-state index < -0.39 is 11.9 Å². The Balaban J connectivity index is 1.29. The molecule has 11 heteroatoms. The van der Waals surface area contributed by atoms with E-state index in [1.54, 1.807) is 12.1 Å². The van der Waals surface area contributed by atoms with Crippen LogP contribution in [-0.2, 0) is 29.0 Å². The highest BCUT2D eigenvalue weighted by Gasteiger charge is 2.40. The number of carbonyl (C=O) groups is 3. The number of amides is 3. The smallest absolute Gasteiger partial charge is 0.255 e. The largest absolute Gasteiger partial charge is 0.368 e. The van der Waals surface area contributed by atoms with E-state index in [1.165, 1.54) is 22.4 Å². The number of anilines is 3. The van der Waals surface area contributed by atoms with Gasteiger partial charge in [-0.05, 0) is 68.9 Å². The zero-order valence-corrected chi connectivity index (χ0v) is 22.9. The molecule has 1 unspecified atom stereocenters. The zero-order chi connectivity index (χ0) is 28.4. The van der Waals surface area contributed by atoms with Gasteiger partial charge in [-0.15, -0.1) is 0 Å². The monoisotopic (exact) mass is 550 g/mol. The van der Waals surface area contributed by atoms with Crippen molar-refractivity contribution >= 4 is 46.3 Å². The summed E-state index contributed by atoms with van der Waals surface area (Å²) in [6, 6.07) is 11.3. The fourth-order valence-corrected chi connectivity index (χ4v) is 6.31. The van der Waals surface area contributed by atoms with Gasteiger partial charge in [-0.3, -0.25) is 19.7 Å². The SMILES string of the molecule is CC(C)n1c(-c2ccc3c(c2)CCC3)nc2c(Nc3cccc4c3CN(C3CCC(=O)NC3=O)C4=O)nc(N)nc21. The summed E-state index contributed by atoms with van der Waals surface area (Å²) >= 11 is 0. The second-order valence-corrected chi connectivity index (χ2v) is 11.2. The summed E-state index contributed by atoms with van der Waals surface area (Å²) in [6.45, 7) is 4.40. The Morgan fingerprint density at radius 1 is 1.02 bits per heavy atom. The van der Waals surface area contributed by atoms with Crippen LogP contribution in [0.2, 0.25) is 0 Å². The maximum absolute atomic E-state index is 13.3. The van der Waals surface area contributed by atoms with Crippen LogP contribution in [0.5, 0.6) is 0 Å². The molecular formula is C30H30N8O3. The van der Waals surface area contributed by atoms with Crippen LogP contribution in [0, 0.1) is 0 Å². The molecule has 4 heterocycles. The Morgan fingerprint density at radius 3 is 2.66 bits per heavy atom. The number of benzene rings is 2. The van der Waals surface area contributed by atoms with Crippen LogP contribution >= 0.6 is 0 Å². The van der Waals surface area contributed by atoms with E-state index in [-0.39, 0.29) is 36.8 Å². The summed E-state index contributed by atoms with van der Waals surface area (Å²) in [4.78, 5) is 53.2.